The number of aliphatic carboxylic acids is 1. The highest BCUT2D eigenvalue weighted by Crippen LogP contribution is 2.31. The Morgan fingerprint density at radius 2 is 1.67 bits per heavy atom. The number of amidine groups is 1. The summed E-state index contributed by atoms with van der Waals surface area (Å²) >= 11 is 0. The lowest BCUT2D eigenvalue weighted by Gasteiger charge is -2.20. The molecule has 0 bridgehead atoms. The number of hydrogen-bond donors (Lipinski definition) is 5. The van der Waals surface area contributed by atoms with Crippen LogP contribution in [0.4, 0.5) is 5.69 Å². The second-order valence-electron chi connectivity index (χ2n) is 7.97. The average Bonchev–Trinajstić information content (AvgIpc) is 3.29. The van der Waals surface area contributed by atoms with E-state index in [1.54, 1.807) is 30.3 Å². The summed E-state index contributed by atoms with van der Waals surface area (Å²) in [5, 5.41) is 22.9. The van der Waals surface area contributed by atoms with E-state index in [0.29, 0.717) is 36.1 Å². The van der Waals surface area contributed by atoms with E-state index in [1.165, 1.54) is 12.4 Å². The zero-order valence-corrected chi connectivity index (χ0v) is 21.7. The van der Waals surface area contributed by atoms with Gasteiger partial charge in [-0.15, -0.1) is 9.78 Å². The lowest BCUT2D eigenvalue weighted by Crippen LogP contribution is -2.18. The summed E-state index contributed by atoms with van der Waals surface area (Å²) in [5.41, 5.74) is 7.19. The SMILES string of the molecule is CC(=O)O.CCOc1cc(OCC)cc(C(Nc2ccc(C(=N)N)cc2)c2nn(-c3ncccn3)c(=O)[nH]2)c1. The molecule has 1 unspecified atom stereocenters. The number of hydrogen-bond acceptors (Lipinski definition) is 9. The number of anilines is 1. The van der Waals surface area contributed by atoms with E-state index in [9.17, 15) is 4.79 Å². The van der Waals surface area contributed by atoms with E-state index in [-0.39, 0.29) is 11.8 Å². The second-order valence-corrected chi connectivity index (χ2v) is 7.97. The number of H-pyrrole nitrogens is 1. The van der Waals surface area contributed by atoms with Crippen molar-refractivity contribution >= 4 is 17.5 Å². The Bertz CT molecular complexity index is 1420. The lowest BCUT2D eigenvalue weighted by atomic mass is 10.0. The number of benzene rings is 2. The first-order valence-electron chi connectivity index (χ1n) is 12.0. The minimum absolute atomic E-state index is 0.0233. The van der Waals surface area contributed by atoms with Gasteiger partial charge in [-0.25, -0.2) is 14.8 Å². The van der Waals surface area contributed by atoms with Crippen LogP contribution in [0, 0.1) is 5.41 Å². The number of nitrogens with one attached hydrogen (secondary N) is 3. The molecular formula is C26H30N8O5. The van der Waals surface area contributed by atoms with E-state index in [0.717, 1.165) is 22.9 Å². The van der Waals surface area contributed by atoms with Gasteiger partial charge in [-0.05, 0) is 61.9 Å². The van der Waals surface area contributed by atoms with Crippen LogP contribution in [0.2, 0.25) is 0 Å². The van der Waals surface area contributed by atoms with E-state index >= 15 is 0 Å². The highest BCUT2D eigenvalue weighted by atomic mass is 16.5. The van der Waals surface area contributed by atoms with Gasteiger partial charge in [-0.1, -0.05) is 0 Å². The summed E-state index contributed by atoms with van der Waals surface area (Å²) in [6, 6.07) is 13.7. The van der Waals surface area contributed by atoms with Crippen LogP contribution >= 0.6 is 0 Å². The Morgan fingerprint density at radius 3 is 2.18 bits per heavy atom. The number of nitrogen functional groups attached to an aromatic ring is 1. The highest BCUT2D eigenvalue weighted by Gasteiger charge is 2.22. The number of nitrogens with two attached hydrogens (primary N) is 1. The van der Waals surface area contributed by atoms with Gasteiger partial charge in [-0.2, -0.15) is 0 Å². The van der Waals surface area contributed by atoms with Crippen LogP contribution in [0.1, 0.15) is 43.8 Å². The summed E-state index contributed by atoms with van der Waals surface area (Å²) < 4.78 is 12.6. The Labute approximate surface area is 224 Å². The molecule has 0 fully saturated rings. The predicted octanol–water partition coefficient (Wildman–Crippen LogP) is 2.72. The van der Waals surface area contributed by atoms with Crippen molar-refractivity contribution in [2.45, 2.75) is 26.8 Å². The highest BCUT2D eigenvalue weighted by molar-refractivity contribution is 5.95. The minimum Gasteiger partial charge on any atom is -0.494 e. The molecule has 39 heavy (non-hydrogen) atoms. The van der Waals surface area contributed by atoms with Crippen molar-refractivity contribution in [1.29, 1.82) is 5.41 Å². The van der Waals surface area contributed by atoms with Crippen LogP contribution in [-0.2, 0) is 4.79 Å². The standard InChI is InChI=1S/C24H26N8O3.C2H4O2/c1-3-34-18-12-16(13-19(14-18)35-4-2)20(29-17-8-6-15(7-9-17)21(25)26)22-30-24(33)32(31-22)23-27-10-5-11-28-23;1-2(3)4/h5-14,20,29H,3-4H2,1-2H3,(H3,25,26)(H,30,31,33);1H3,(H,3,4). The summed E-state index contributed by atoms with van der Waals surface area (Å²) in [6.07, 6.45) is 3.07. The molecule has 0 aliphatic carbocycles. The van der Waals surface area contributed by atoms with Gasteiger partial charge in [0.05, 0.1) is 13.2 Å². The molecule has 0 saturated heterocycles. The Balaban J connectivity index is 0.000000983. The molecule has 0 aliphatic rings. The molecule has 2 aromatic heterocycles. The Morgan fingerprint density at radius 1 is 1.10 bits per heavy atom. The first kappa shape index (κ1) is 28.4. The number of nitrogens with zero attached hydrogens (tertiary/aromatic N) is 4. The fourth-order valence-electron chi connectivity index (χ4n) is 3.49. The Kier molecular flexibility index (Phi) is 9.73. The smallest absolute Gasteiger partial charge is 0.350 e. The molecule has 0 radical (unpaired) electrons. The minimum atomic E-state index is -0.833. The van der Waals surface area contributed by atoms with Gasteiger partial charge in [0.2, 0.25) is 0 Å². The van der Waals surface area contributed by atoms with E-state index < -0.39 is 17.7 Å². The third kappa shape index (κ3) is 7.89. The quantitative estimate of drug-likeness (QED) is 0.149. The van der Waals surface area contributed by atoms with Crippen molar-refractivity contribution in [1.82, 2.24) is 24.7 Å². The average molecular weight is 535 g/mol. The number of aromatic amines is 1. The van der Waals surface area contributed by atoms with Crippen molar-refractivity contribution in [2.24, 2.45) is 5.73 Å². The molecule has 13 heteroatoms. The predicted molar refractivity (Wildman–Crippen MR) is 145 cm³/mol. The number of carboxylic acids is 1. The monoisotopic (exact) mass is 534 g/mol. The van der Waals surface area contributed by atoms with E-state index in [1.807, 2.05) is 32.0 Å². The van der Waals surface area contributed by atoms with Crippen LogP contribution in [0.15, 0.2) is 65.7 Å². The summed E-state index contributed by atoms with van der Waals surface area (Å²) in [7, 11) is 0. The zero-order valence-electron chi connectivity index (χ0n) is 21.7. The molecule has 0 saturated carbocycles. The number of ether oxygens (including phenoxy) is 2. The lowest BCUT2D eigenvalue weighted by molar-refractivity contribution is -0.134. The molecule has 13 nitrogen and oxygen atoms in total. The fourth-order valence-corrected chi connectivity index (χ4v) is 3.49. The fraction of sp³-hybridized carbons (Fsp3) is 0.231. The Hall–Kier alpha value is -5.20. The summed E-state index contributed by atoms with van der Waals surface area (Å²) in [5.74, 6) is 0.891. The third-order valence-corrected chi connectivity index (χ3v) is 5.01. The first-order chi connectivity index (χ1) is 18.7. The largest absolute Gasteiger partial charge is 0.494 e. The molecule has 0 spiro atoms. The van der Waals surface area contributed by atoms with Gasteiger partial charge >= 0.3 is 5.69 Å². The van der Waals surface area contributed by atoms with Gasteiger partial charge in [0.25, 0.3) is 11.9 Å². The molecule has 0 amide bonds. The molecule has 6 N–H and O–H groups in total. The van der Waals surface area contributed by atoms with Crippen molar-refractivity contribution in [3.05, 3.63) is 88.4 Å². The van der Waals surface area contributed by atoms with Gasteiger partial charge in [0, 0.05) is 36.6 Å². The molecule has 4 aromatic rings. The molecule has 2 aromatic carbocycles. The molecule has 4 rings (SSSR count). The number of rotatable bonds is 10. The molecule has 204 valence electrons. The van der Waals surface area contributed by atoms with Gasteiger partial charge in [0.1, 0.15) is 23.4 Å². The number of carbonyl (C=O) groups is 1. The summed E-state index contributed by atoms with van der Waals surface area (Å²) in [4.78, 5) is 32.8. The van der Waals surface area contributed by atoms with Crippen LogP contribution < -0.4 is 26.2 Å². The van der Waals surface area contributed by atoms with Gasteiger partial charge in [-0.3, -0.25) is 15.2 Å². The van der Waals surface area contributed by atoms with Crippen molar-refractivity contribution in [3.8, 4) is 17.4 Å². The van der Waals surface area contributed by atoms with Crippen LogP contribution in [0.5, 0.6) is 11.5 Å². The number of aromatic nitrogens is 5. The maximum absolute atomic E-state index is 12.7. The van der Waals surface area contributed by atoms with Crippen molar-refractivity contribution in [3.63, 3.8) is 0 Å². The van der Waals surface area contributed by atoms with E-state index in [4.69, 9.17) is 30.5 Å². The number of carboxylic acid groups (broad SMARTS) is 1. The second kappa shape index (κ2) is 13.4. The van der Waals surface area contributed by atoms with Crippen molar-refractivity contribution in [2.75, 3.05) is 18.5 Å². The maximum atomic E-state index is 12.7. The topological polar surface area (TPSA) is 194 Å². The molecule has 2 heterocycles. The van der Waals surface area contributed by atoms with E-state index in [2.05, 4.69) is 25.4 Å². The van der Waals surface area contributed by atoms with Crippen molar-refractivity contribution < 1.29 is 19.4 Å². The summed E-state index contributed by atoms with van der Waals surface area (Å²) in [6.45, 7) is 5.85. The molecule has 1 atom stereocenters. The third-order valence-electron chi connectivity index (χ3n) is 5.01. The van der Waals surface area contributed by atoms with Gasteiger partial charge in [0.15, 0.2) is 5.82 Å². The zero-order chi connectivity index (χ0) is 28.4. The molecule has 0 aliphatic heterocycles. The van der Waals surface area contributed by atoms with Crippen LogP contribution in [-0.4, -0.2) is 54.9 Å². The van der Waals surface area contributed by atoms with Crippen LogP contribution in [0.25, 0.3) is 5.95 Å². The first-order valence-corrected chi connectivity index (χ1v) is 12.0. The maximum Gasteiger partial charge on any atom is 0.350 e. The normalized spacial score (nSPS) is 11.1. The molecular weight excluding hydrogens is 504 g/mol. The van der Waals surface area contributed by atoms with Gasteiger partial charge < -0.3 is 25.6 Å². The van der Waals surface area contributed by atoms with Crippen LogP contribution in [0.3, 0.4) is 0 Å².